The smallest absolute Gasteiger partial charge is 0.272 e. The van der Waals surface area contributed by atoms with E-state index in [1.807, 2.05) is 34.6 Å². The number of rotatable bonds is 10. The van der Waals surface area contributed by atoms with Crippen LogP contribution < -0.4 is 4.31 Å². The lowest BCUT2D eigenvalue weighted by molar-refractivity contribution is 0.0765. The van der Waals surface area contributed by atoms with Gasteiger partial charge in [0.25, 0.3) is 6.43 Å². The summed E-state index contributed by atoms with van der Waals surface area (Å²) in [7, 11) is -1.23. The summed E-state index contributed by atoms with van der Waals surface area (Å²) in [5, 5.41) is 7.13. The van der Waals surface area contributed by atoms with E-state index in [1.165, 1.54) is 6.20 Å². The molecule has 1 fully saturated rings. The molecule has 3 rings (SSSR count). The van der Waals surface area contributed by atoms with Crippen LogP contribution in [0.1, 0.15) is 31.0 Å². The first-order valence-electron chi connectivity index (χ1n) is 10.9. The van der Waals surface area contributed by atoms with E-state index in [-0.39, 0.29) is 11.1 Å². The molecule has 0 aliphatic carbocycles. The van der Waals surface area contributed by atoms with Gasteiger partial charge in [0.1, 0.15) is 11.0 Å². The maximum absolute atomic E-state index is 13.6. The first-order valence-corrected chi connectivity index (χ1v) is 12.0. The van der Waals surface area contributed by atoms with Gasteiger partial charge in [-0.15, -0.1) is 5.10 Å². The number of alkyl halides is 2. The minimum Gasteiger partial charge on any atom is -0.470 e. The standard InChI is InChI=1S/C23H29F2N5O2S/c1-3-29-13-11-21(12-14-29)33(31)30(20-7-5-4-6-8-20)16-19-10-9-18(15-27-19)23(28-26-2)32-17-22(24)25/h4-10,15,21-22H,2-3,11-14,16-17H2,1H3/b28-23-. The number of halogens is 2. The topological polar surface area (TPSA) is 70.4 Å². The Morgan fingerprint density at radius 1 is 1.27 bits per heavy atom. The molecule has 1 saturated heterocycles. The van der Waals surface area contributed by atoms with Gasteiger partial charge in [-0.05, 0) is 56.7 Å². The molecule has 0 saturated carbocycles. The van der Waals surface area contributed by atoms with E-state index in [1.54, 1.807) is 12.1 Å². The molecule has 0 spiro atoms. The number of nitrogens with zero attached hydrogens (tertiary/aromatic N) is 5. The van der Waals surface area contributed by atoms with Crippen molar-refractivity contribution in [1.82, 2.24) is 9.88 Å². The summed E-state index contributed by atoms with van der Waals surface area (Å²) in [5.74, 6) is -0.0736. The zero-order chi connectivity index (χ0) is 23.6. The third kappa shape index (κ3) is 7.13. The Morgan fingerprint density at radius 3 is 2.58 bits per heavy atom. The summed E-state index contributed by atoms with van der Waals surface area (Å²) in [6.07, 6.45) is 0.611. The van der Waals surface area contributed by atoms with Crippen LogP contribution in [-0.2, 0) is 22.3 Å². The lowest BCUT2D eigenvalue weighted by Gasteiger charge is -2.34. The van der Waals surface area contributed by atoms with Gasteiger partial charge < -0.3 is 9.64 Å². The van der Waals surface area contributed by atoms with E-state index in [9.17, 15) is 13.0 Å². The van der Waals surface area contributed by atoms with Crippen molar-refractivity contribution in [3.63, 3.8) is 0 Å². The fourth-order valence-corrected chi connectivity index (χ4v) is 5.19. The van der Waals surface area contributed by atoms with Crippen LogP contribution in [0.4, 0.5) is 14.5 Å². The first kappa shape index (κ1) is 24.9. The summed E-state index contributed by atoms with van der Waals surface area (Å²) >= 11 is 0. The van der Waals surface area contributed by atoms with E-state index in [0.29, 0.717) is 17.8 Å². The van der Waals surface area contributed by atoms with Crippen molar-refractivity contribution in [3.8, 4) is 0 Å². The summed E-state index contributed by atoms with van der Waals surface area (Å²) < 4.78 is 45.5. The molecule has 1 aliphatic rings. The lowest BCUT2D eigenvalue weighted by Crippen LogP contribution is -2.42. The summed E-state index contributed by atoms with van der Waals surface area (Å²) in [6, 6.07) is 13.0. The van der Waals surface area contributed by atoms with Crippen molar-refractivity contribution in [2.75, 3.05) is 30.5 Å². The molecule has 1 aromatic heterocycles. The fourth-order valence-electron chi connectivity index (χ4n) is 3.63. The van der Waals surface area contributed by atoms with Crippen LogP contribution in [0, 0.1) is 0 Å². The van der Waals surface area contributed by atoms with Gasteiger partial charge in [0.05, 0.1) is 23.1 Å². The number of aromatic nitrogens is 1. The SMILES string of the molecule is C=N/N=C(\OCC(F)F)c1ccc(CN(c2ccccc2)S(=O)C2CCN(CC)CC2)nc1. The Morgan fingerprint density at radius 2 is 2.00 bits per heavy atom. The van der Waals surface area contributed by atoms with Crippen molar-refractivity contribution in [2.24, 2.45) is 10.2 Å². The van der Waals surface area contributed by atoms with Crippen molar-refractivity contribution in [1.29, 1.82) is 0 Å². The third-order valence-corrected chi connectivity index (χ3v) is 7.23. The Labute approximate surface area is 195 Å². The zero-order valence-corrected chi connectivity index (χ0v) is 19.5. The van der Waals surface area contributed by atoms with E-state index in [4.69, 9.17) is 4.74 Å². The van der Waals surface area contributed by atoms with Gasteiger partial charge in [0.2, 0.25) is 5.90 Å². The summed E-state index contributed by atoms with van der Waals surface area (Å²) in [6.45, 7) is 7.83. The molecule has 33 heavy (non-hydrogen) atoms. The zero-order valence-electron chi connectivity index (χ0n) is 18.6. The number of hydrogen-bond acceptors (Lipinski definition) is 6. The molecule has 178 valence electrons. The number of likely N-dealkylation sites (tertiary alicyclic amines) is 1. The summed E-state index contributed by atoms with van der Waals surface area (Å²) in [5.41, 5.74) is 1.95. The molecule has 2 heterocycles. The highest BCUT2D eigenvalue weighted by atomic mass is 32.2. The van der Waals surface area contributed by atoms with Crippen molar-refractivity contribution >= 4 is 29.3 Å². The van der Waals surface area contributed by atoms with E-state index >= 15 is 0 Å². The highest BCUT2D eigenvalue weighted by Gasteiger charge is 2.28. The number of hydrogen-bond donors (Lipinski definition) is 0. The van der Waals surface area contributed by atoms with E-state index in [0.717, 1.165) is 38.2 Å². The van der Waals surface area contributed by atoms with Crippen molar-refractivity contribution in [2.45, 2.75) is 38.0 Å². The van der Waals surface area contributed by atoms with Gasteiger partial charge >= 0.3 is 0 Å². The first-order chi connectivity index (χ1) is 16.0. The van der Waals surface area contributed by atoms with Gasteiger partial charge in [-0.1, -0.05) is 25.1 Å². The average Bonchev–Trinajstić information content (AvgIpc) is 2.85. The predicted molar refractivity (Wildman–Crippen MR) is 128 cm³/mol. The predicted octanol–water partition coefficient (Wildman–Crippen LogP) is 3.88. The lowest BCUT2D eigenvalue weighted by atomic mass is 10.1. The Balaban J connectivity index is 1.77. The Hall–Kier alpha value is -2.72. The van der Waals surface area contributed by atoms with Crippen LogP contribution in [0.15, 0.2) is 58.9 Å². The molecule has 0 amide bonds. The van der Waals surface area contributed by atoms with Gasteiger partial charge in [-0.2, -0.15) is 5.10 Å². The number of anilines is 1. The van der Waals surface area contributed by atoms with Crippen LogP contribution >= 0.6 is 0 Å². The third-order valence-electron chi connectivity index (χ3n) is 5.41. The van der Waals surface area contributed by atoms with Crippen LogP contribution in [-0.4, -0.2) is 64.6 Å². The number of ether oxygens (including phenoxy) is 1. The molecule has 2 aromatic rings. The van der Waals surface area contributed by atoms with Crippen LogP contribution in [0.25, 0.3) is 0 Å². The molecule has 0 radical (unpaired) electrons. The molecule has 1 atom stereocenters. The molecule has 1 aromatic carbocycles. The van der Waals surface area contributed by atoms with E-state index in [2.05, 4.69) is 33.7 Å². The van der Waals surface area contributed by atoms with Crippen LogP contribution in [0.5, 0.6) is 0 Å². The highest BCUT2D eigenvalue weighted by Crippen LogP contribution is 2.25. The highest BCUT2D eigenvalue weighted by molar-refractivity contribution is 7.87. The Kier molecular flexibility index (Phi) is 9.44. The molecule has 0 N–H and O–H groups in total. The molecule has 0 bridgehead atoms. The minimum absolute atomic E-state index is 0.0736. The fraction of sp³-hybridized carbons (Fsp3) is 0.435. The number of benzene rings is 1. The van der Waals surface area contributed by atoms with Gasteiger partial charge in [0.15, 0.2) is 6.61 Å². The number of para-hydroxylation sites is 1. The summed E-state index contributed by atoms with van der Waals surface area (Å²) in [4.78, 5) is 6.80. The maximum atomic E-state index is 13.6. The molecular formula is C23H29F2N5O2S. The van der Waals surface area contributed by atoms with Crippen molar-refractivity contribution < 1.29 is 17.7 Å². The molecule has 1 unspecified atom stereocenters. The second-order valence-electron chi connectivity index (χ2n) is 7.57. The van der Waals surface area contributed by atoms with Crippen LogP contribution in [0.3, 0.4) is 0 Å². The largest absolute Gasteiger partial charge is 0.470 e. The molecule has 10 heteroatoms. The maximum Gasteiger partial charge on any atom is 0.272 e. The minimum atomic E-state index is -2.63. The quantitative estimate of drug-likeness (QED) is 0.296. The van der Waals surface area contributed by atoms with Gasteiger partial charge in [-0.25, -0.2) is 13.0 Å². The van der Waals surface area contributed by atoms with Gasteiger partial charge in [0, 0.05) is 18.6 Å². The number of pyridine rings is 1. The monoisotopic (exact) mass is 477 g/mol. The second-order valence-corrected chi connectivity index (χ2v) is 9.23. The number of piperidine rings is 1. The molecule has 1 aliphatic heterocycles. The molecule has 7 nitrogen and oxygen atoms in total. The normalized spacial score (nSPS) is 16.5. The van der Waals surface area contributed by atoms with Crippen molar-refractivity contribution in [3.05, 3.63) is 59.9 Å². The van der Waals surface area contributed by atoms with Crippen LogP contribution in [0.2, 0.25) is 0 Å². The van der Waals surface area contributed by atoms with E-state index < -0.39 is 24.0 Å². The van der Waals surface area contributed by atoms with Gasteiger partial charge in [-0.3, -0.25) is 9.29 Å². The average molecular weight is 478 g/mol. The molecular weight excluding hydrogens is 448 g/mol. The second kappa shape index (κ2) is 12.5. The Bertz CT molecular complexity index is 936.